The minimum Gasteiger partial charge on any atom is -0.391 e. The van der Waals surface area contributed by atoms with Crippen LogP contribution in [0.15, 0.2) is 18.2 Å². The normalized spacial score (nSPS) is 26.2. The summed E-state index contributed by atoms with van der Waals surface area (Å²) in [6, 6.07) is 5.36. The van der Waals surface area contributed by atoms with Gasteiger partial charge in [-0.25, -0.2) is 4.39 Å². The molecule has 1 aromatic carbocycles. The van der Waals surface area contributed by atoms with Crippen LogP contribution in [-0.4, -0.2) is 35.0 Å². The van der Waals surface area contributed by atoms with Crippen molar-refractivity contribution in [3.05, 3.63) is 24.0 Å². The highest BCUT2D eigenvalue weighted by Crippen LogP contribution is 2.53. The lowest BCUT2D eigenvalue weighted by Gasteiger charge is -2.50. The van der Waals surface area contributed by atoms with Crippen molar-refractivity contribution in [3.63, 3.8) is 0 Å². The molecule has 2 aliphatic carbocycles. The Morgan fingerprint density at radius 3 is 2.43 bits per heavy atom. The molecule has 5 nitrogen and oxygen atoms in total. The number of halogens is 1. The van der Waals surface area contributed by atoms with Crippen molar-refractivity contribution in [2.75, 3.05) is 9.80 Å². The Morgan fingerprint density at radius 1 is 1.33 bits per heavy atom. The van der Waals surface area contributed by atoms with Crippen molar-refractivity contribution in [2.45, 2.75) is 97.1 Å². The summed E-state index contributed by atoms with van der Waals surface area (Å²) < 4.78 is 15.2. The van der Waals surface area contributed by atoms with E-state index in [2.05, 4.69) is 42.8 Å². The maximum Gasteiger partial charge on any atom is 0.226 e. The quantitative estimate of drug-likeness (QED) is 0.691. The number of nitrogens with one attached hydrogen (secondary N) is 1. The molecule has 3 atom stereocenters. The van der Waals surface area contributed by atoms with E-state index in [4.69, 9.17) is 0 Å². The fourth-order valence-electron chi connectivity index (χ4n) is 5.52. The Bertz CT molecular complexity index is 817. The molecule has 2 fully saturated rings. The smallest absolute Gasteiger partial charge is 0.226 e. The fraction of sp³-hybridized carbons (Fsp3) is 0.708. The van der Waals surface area contributed by atoms with E-state index in [1.807, 2.05) is 6.07 Å². The van der Waals surface area contributed by atoms with Crippen LogP contribution in [0.25, 0.3) is 0 Å². The van der Waals surface area contributed by atoms with Crippen molar-refractivity contribution in [1.29, 1.82) is 0 Å². The topological polar surface area (TPSA) is 55.8 Å². The summed E-state index contributed by atoms with van der Waals surface area (Å²) in [5, 5.41) is 14.2. The van der Waals surface area contributed by atoms with Crippen LogP contribution in [-0.2, 0) is 4.79 Å². The number of rotatable bonds is 7. The molecule has 166 valence electrons. The lowest BCUT2D eigenvalue weighted by atomic mass is 9.84. The van der Waals surface area contributed by atoms with E-state index in [-0.39, 0.29) is 29.1 Å². The van der Waals surface area contributed by atoms with Crippen molar-refractivity contribution in [3.8, 4) is 0 Å². The van der Waals surface area contributed by atoms with Crippen LogP contribution in [0.4, 0.5) is 15.8 Å². The molecule has 1 heterocycles. The second-order valence-electron chi connectivity index (χ2n) is 10.1. The zero-order chi connectivity index (χ0) is 21.8. The van der Waals surface area contributed by atoms with E-state index < -0.39 is 17.9 Å². The number of hydrogen-bond acceptors (Lipinski definition) is 4. The molecule has 0 bridgehead atoms. The third-order valence-electron chi connectivity index (χ3n) is 8.04. The van der Waals surface area contributed by atoms with Gasteiger partial charge in [-0.1, -0.05) is 33.8 Å². The molecule has 2 unspecified atom stereocenters. The molecular formula is C24H36FN3O2. The number of amides is 1. The zero-order valence-electron chi connectivity index (χ0n) is 18.9. The number of aliphatic hydroxyl groups is 1. The summed E-state index contributed by atoms with van der Waals surface area (Å²) in [5.74, 6) is -0.251. The second kappa shape index (κ2) is 7.40. The van der Waals surface area contributed by atoms with Gasteiger partial charge in [0.1, 0.15) is 11.5 Å². The van der Waals surface area contributed by atoms with E-state index >= 15 is 4.39 Å². The minimum atomic E-state index is -0.637. The van der Waals surface area contributed by atoms with E-state index in [0.29, 0.717) is 18.5 Å². The summed E-state index contributed by atoms with van der Waals surface area (Å²) in [6.07, 6.45) is 4.23. The molecule has 6 heteroatoms. The van der Waals surface area contributed by atoms with E-state index in [9.17, 15) is 9.90 Å². The number of benzene rings is 1. The van der Waals surface area contributed by atoms with Crippen molar-refractivity contribution in [1.82, 2.24) is 5.32 Å². The van der Waals surface area contributed by atoms with Gasteiger partial charge >= 0.3 is 0 Å². The summed E-state index contributed by atoms with van der Waals surface area (Å²) in [7, 11) is 0. The average molecular weight is 418 g/mol. The van der Waals surface area contributed by atoms with Crippen LogP contribution >= 0.6 is 0 Å². The van der Waals surface area contributed by atoms with Gasteiger partial charge in [-0.05, 0) is 63.0 Å². The molecule has 30 heavy (non-hydrogen) atoms. The molecule has 2 N–H and O–H groups in total. The van der Waals surface area contributed by atoms with Gasteiger partial charge in [-0.2, -0.15) is 0 Å². The number of nitrogens with zero attached hydrogens (tertiary/aromatic N) is 2. The first kappa shape index (κ1) is 21.4. The number of aliphatic hydroxyl groups excluding tert-OH is 1. The average Bonchev–Trinajstić information content (AvgIpc) is 3.18. The third kappa shape index (κ3) is 3.10. The highest BCUT2D eigenvalue weighted by Gasteiger charge is 2.55. The van der Waals surface area contributed by atoms with Gasteiger partial charge in [0.2, 0.25) is 5.91 Å². The molecule has 0 spiro atoms. The summed E-state index contributed by atoms with van der Waals surface area (Å²) in [4.78, 5) is 17.4. The highest BCUT2D eigenvalue weighted by atomic mass is 19.1. The second-order valence-corrected chi connectivity index (χ2v) is 10.1. The minimum absolute atomic E-state index is 0.0136. The predicted molar refractivity (Wildman–Crippen MR) is 118 cm³/mol. The number of carbonyl (C=O) groups is 1. The first-order valence-corrected chi connectivity index (χ1v) is 11.5. The van der Waals surface area contributed by atoms with Gasteiger partial charge in [-0.15, -0.1) is 0 Å². The summed E-state index contributed by atoms with van der Waals surface area (Å²) >= 11 is 0. The first-order chi connectivity index (χ1) is 14.2. The molecule has 1 aliphatic heterocycles. The number of para-hydroxylation sites is 1. The van der Waals surface area contributed by atoms with Crippen LogP contribution in [0.2, 0.25) is 0 Å². The zero-order valence-corrected chi connectivity index (χ0v) is 18.9. The largest absolute Gasteiger partial charge is 0.391 e. The number of fused-ring (bicyclic) bond motifs is 1. The van der Waals surface area contributed by atoms with Crippen LogP contribution in [0.1, 0.15) is 73.1 Å². The van der Waals surface area contributed by atoms with Gasteiger partial charge in [0.05, 0.1) is 17.3 Å². The maximum atomic E-state index is 15.2. The van der Waals surface area contributed by atoms with Gasteiger partial charge < -0.3 is 20.2 Å². The van der Waals surface area contributed by atoms with E-state index in [1.54, 1.807) is 13.0 Å². The van der Waals surface area contributed by atoms with Gasteiger partial charge in [0, 0.05) is 12.0 Å². The highest BCUT2D eigenvalue weighted by molar-refractivity contribution is 5.86. The van der Waals surface area contributed by atoms with Gasteiger partial charge in [0.25, 0.3) is 0 Å². The molecule has 1 amide bonds. The molecule has 0 aromatic heterocycles. The molecule has 4 rings (SSSR count). The lowest BCUT2D eigenvalue weighted by Crippen LogP contribution is -2.67. The van der Waals surface area contributed by atoms with Gasteiger partial charge in [0.15, 0.2) is 6.29 Å². The summed E-state index contributed by atoms with van der Waals surface area (Å²) in [5.41, 5.74) is 0.753. The third-order valence-corrected chi connectivity index (χ3v) is 8.04. The monoisotopic (exact) mass is 417 g/mol. The summed E-state index contributed by atoms with van der Waals surface area (Å²) in [6.45, 7) is 10.1. The Labute approximate surface area is 179 Å². The Balaban J connectivity index is 1.82. The Hall–Kier alpha value is -1.82. The van der Waals surface area contributed by atoms with Crippen LogP contribution < -0.4 is 15.1 Å². The lowest BCUT2D eigenvalue weighted by molar-refractivity contribution is -0.124. The SMILES string of the molecule is CCC(CC)(C(C)O)N1c2cccc(F)c2N(C2CCC2)C1NC(=O)[C@H]1CC1(C)C. The van der Waals surface area contributed by atoms with Crippen molar-refractivity contribution in [2.24, 2.45) is 11.3 Å². The number of hydrogen-bond donors (Lipinski definition) is 2. The predicted octanol–water partition coefficient (Wildman–Crippen LogP) is 4.39. The number of anilines is 2. The molecule has 3 aliphatic rings. The van der Waals surface area contributed by atoms with E-state index in [1.165, 1.54) is 6.07 Å². The van der Waals surface area contributed by atoms with Gasteiger partial charge in [-0.3, -0.25) is 4.79 Å². The molecular weight excluding hydrogens is 381 g/mol. The fourth-order valence-corrected chi connectivity index (χ4v) is 5.52. The van der Waals surface area contributed by atoms with Crippen LogP contribution in [0.5, 0.6) is 0 Å². The molecule has 2 saturated carbocycles. The Kier molecular flexibility index (Phi) is 5.28. The van der Waals surface area contributed by atoms with E-state index in [0.717, 1.165) is 31.4 Å². The molecule has 0 saturated heterocycles. The van der Waals surface area contributed by atoms with Crippen LogP contribution in [0.3, 0.4) is 0 Å². The molecule has 0 radical (unpaired) electrons. The Morgan fingerprint density at radius 2 is 1.97 bits per heavy atom. The standard InChI is InChI=1S/C24H36FN3O2/c1-6-24(7-2,15(3)29)28-19-13-9-12-18(25)20(19)27(16-10-8-11-16)22(28)26-21(30)17-14-23(17,4)5/h9,12-13,15-17,22,29H,6-8,10-11,14H2,1-5H3,(H,26,30)/t15?,17-,22?/m1/s1. The first-order valence-electron chi connectivity index (χ1n) is 11.5. The van der Waals surface area contributed by atoms with Crippen LogP contribution in [0, 0.1) is 17.2 Å². The molecule has 1 aromatic rings. The maximum absolute atomic E-state index is 15.2. The number of carbonyl (C=O) groups excluding carboxylic acids is 1. The van der Waals surface area contributed by atoms with Crippen molar-refractivity contribution < 1.29 is 14.3 Å². The van der Waals surface area contributed by atoms with Crippen molar-refractivity contribution >= 4 is 17.3 Å².